The fourth-order valence-corrected chi connectivity index (χ4v) is 2.89. The van der Waals surface area contributed by atoms with Gasteiger partial charge >= 0.3 is 0 Å². The van der Waals surface area contributed by atoms with Crippen molar-refractivity contribution in [3.8, 4) is 17.1 Å². The first kappa shape index (κ1) is 13.6. The van der Waals surface area contributed by atoms with E-state index in [0.29, 0.717) is 0 Å². The lowest BCUT2D eigenvalue weighted by Gasteiger charge is -2.06. The molecule has 0 fully saturated rings. The van der Waals surface area contributed by atoms with Gasteiger partial charge in [-0.1, -0.05) is 36.4 Å². The number of rotatable bonds is 2. The summed E-state index contributed by atoms with van der Waals surface area (Å²) in [5.74, 6) is 1.22. The van der Waals surface area contributed by atoms with Gasteiger partial charge in [0.2, 0.25) is 0 Å². The summed E-state index contributed by atoms with van der Waals surface area (Å²) >= 11 is 0. The number of nitrogens with zero attached hydrogens (tertiary/aromatic N) is 2. The number of benzene rings is 2. The van der Waals surface area contributed by atoms with E-state index in [2.05, 4.69) is 91.6 Å². The van der Waals surface area contributed by atoms with Crippen LogP contribution < -0.4 is 4.57 Å². The molecule has 2 heteroatoms. The Morgan fingerprint density at radius 3 is 2.10 bits per heavy atom. The maximum absolute atomic E-state index is 2.36. The van der Waals surface area contributed by atoms with Crippen LogP contribution in [0.4, 0.5) is 0 Å². The predicted octanol–water partition coefficient (Wildman–Crippen LogP) is 3.89. The minimum atomic E-state index is 1.22. The number of aryl methyl sites for hydroxylation is 1. The Labute approximate surface area is 126 Å². The molecule has 0 unspecified atom stereocenters. The Kier molecular flexibility index (Phi) is 3.38. The highest BCUT2D eigenvalue weighted by Crippen LogP contribution is 2.26. The average molecular weight is 277 g/mol. The Balaban J connectivity index is 2.36. The van der Waals surface area contributed by atoms with Crippen molar-refractivity contribution < 1.29 is 4.57 Å². The van der Waals surface area contributed by atoms with E-state index in [1.807, 2.05) is 0 Å². The summed E-state index contributed by atoms with van der Waals surface area (Å²) < 4.78 is 4.64. The van der Waals surface area contributed by atoms with Crippen LogP contribution in [0.25, 0.3) is 17.1 Å². The maximum Gasteiger partial charge on any atom is 0.294 e. The topological polar surface area (TPSA) is 8.81 Å². The normalized spacial score (nSPS) is 10.9. The smallest absolute Gasteiger partial charge is 0.230 e. The van der Waals surface area contributed by atoms with E-state index in [4.69, 9.17) is 0 Å². The van der Waals surface area contributed by atoms with E-state index < -0.39 is 0 Å². The van der Waals surface area contributed by atoms with Gasteiger partial charge in [-0.3, -0.25) is 0 Å². The van der Waals surface area contributed by atoms with E-state index in [1.165, 1.54) is 34.0 Å². The molecular weight excluding hydrogens is 256 g/mol. The monoisotopic (exact) mass is 277 g/mol. The minimum Gasteiger partial charge on any atom is -0.230 e. The maximum atomic E-state index is 2.36. The molecule has 0 aliphatic heterocycles. The van der Waals surface area contributed by atoms with Crippen molar-refractivity contribution in [1.82, 2.24) is 4.57 Å². The van der Waals surface area contributed by atoms with Crippen LogP contribution in [0, 0.1) is 20.8 Å². The molecule has 0 saturated carbocycles. The van der Waals surface area contributed by atoms with Gasteiger partial charge in [0.1, 0.15) is 17.1 Å². The molecule has 21 heavy (non-hydrogen) atoms. The van der Waals surface area contributed by atoms with Gasteiger partial charge in [-0.05, 0) is 30.7 Å². The SMILES string of the molecule is Cc1ccccc1-n1c(C)c(C)[n+](C)c1-c1ccccc1. The second-order valence-corrected chi connectivity index (χ2v) is 5.54. The molecule has 0 saturated heterocycles. The van der Waals surface area contributed by atoms with Gasteiger partial charge in [0.25, 0.3) is 5.82 Å². The lowest BCUT2D eigenvalue weighted by atomic mass is 10.1. The van der Waals surface area contributed by atoms with Crippen LogP contribution in [0.2, 0.25) is 0 Å². The van der Waals surface area contributed by atoms with Gasteiger partial charge < -0.3 is 0 Å². The molecule has 0 radical (unpaired) electrons. The van der Waals surface area contributed by atoms with Crippen LogP contribution in [0.1, 0.15) is 17.0 Å². The van der Waals surface area contributed by atoms with Crippen LogP contribution in [0.3, 0.4) is 0 Å². The quantitative estimate of drug-likeness (QED) is 0.628. The molecule has 3 aromatic rings. The van der Waals surface area contributed by atoms with Crippen molar-refractivity contribution in [2.24, 2.45) is 7.05 Å². The first-order valence-electron chi connectivity index (χ1n) is 7.30. The van der Waals surface area contributed by atoms with Gasteiger partial charge in [0.15, 0.2) is 0 Å². The van der Waals surface area contributed by atoms with E-state index in [1.54, 1.807) is 0 Å². The summed E-state index contributed by atoms with van der Waals surface area (Å²) in [5.41, 5.74) is 6.34. The minimum absolute atomic E-state index is 1.22. The van der Waals surface area contributed by atoms with Crippen LogP contribution in [0.5, 0.6) is 0 Å². The summed E-state index contributed by atoms with van der Waals surface area (Å²) in [5, 5.41) is 0. The number of hydrogen-bond acceptors (Lipinski definition) is 0. The highest BCUT2D eigenvalue weighted by molar-refractivity contribution is 5.58. The van der Waals surface area contributed by atoms with Crippen molar-refractivity contribution in [3.63, 3.8) is 0 Å². The van der Waals surface area contributed by atoms with E-state index in [-0.39, 0.29) is 0 Å². The Morgan fingerprint density at radius 2 is 1.43 bits per heavy atom. The molecule has 0 bridgehead atoms. The highest BCUT2D eigenvalue weighted by Gasteiger charge is 2.26. The van der Waals surface area contributed by atoms with Gasteiger partial charge in [-0.15, -0.1) is 0 Å². The number of hydrogen-bond donors (Lipinski definition) is 0. The van der Waals surface area contributed by atoms with Crippen molar-refractivity contribution in [2.45, 2.75) is 20.8 Å². The zero-order chi connectivity index (χ0) is 15.0. The summed E-state index contributed by atoms with van der Waals surface area (Å²) in [4.78, 5) is 0. The Hall–Kier alpha value is -2.35. The third-order valence-electron chi connectivity index (χ3n) is 4.28. The predicted molar refractivity (Wildman–Crippen MR) is 86.6 cm³/mol. The summed E-state index contributed by atoms with van der Waals surface area (Å²) in [7, 11) is 2.14. The molecule has 3 rings (SSSR count). The zero-order valence-electron chi connectivity index (χ0n) is 13.1. The third kappa shape index (κ3) is 2.17. The fraction of sp³-hybridized carbons (Fsp3) is 0.211. The van der Waals surface area contributed by atoms with Gasteiger partial charge in [0, 0.05) is 13.8 Å². The largest absolute Gasteiger partial charge is 0.294 e. The van der Waals surface area contributed by atoms with E-state index in [0.717, 1.165) is 0 Å². The molecule has 1 aromatic heterocycles. The second-order valence-electron chi connectivity index (χ2n) is 5.54. The molecule has 2 aromatic carbocycles. The molecule has 0 N–H and O–H groups in total. The van der Waals surface area contributed by atoms with Crippen molar-refractivity contribution in [3.05, 3.63) is 71.5 Å². The number of imidazole rings is 1. The lowest BCUT2D eigenvalue weighted by Crippen LogP contribution is -2.32. The van der Waals surface area contributed by atoms with Crippen molar-refractivity contribution in [2.75, 3.05) is 0 Å². The highest BCUT2D eigenvalue weighted by atomic mass is 15.2. The zero-order valence-corrected chi connectivity index (χ0v) is 13.1. The van der Waals surface area contributed by atoms with Crippen LogP contribution >= 0.6 is 0 Å². The average Bonchev–Trinajstić information content (AvgIpc) is 2.73. The summed E-state index contributed by atoms with van der Waals surface area (Å²) in [6, 6.07) is 19.1. The molecule has 0 amide bonds. The molecular formula is C19H21N2+. The Bertz CT molecular complexity index is 783. The van der Waals surface area contributed by atoms with Gasteiger partial charge in [0.05, 0.1) is 12.6 Å². The molecule has 0 spiro atoms. The van der Waals surface area contributed by atoms with Crippen LogP contribution in [-0.2, 0) is 7.05 Å². The summed E-state index contributed by atoms with van der Waals surface area (Å²) in [6.45, 7) is 6.53. The van der Waals surface area contributed by atoms with E-state index in [9.17, 15) is 0 Å². The molecule has 0 atom stereocenters. The molecule has 2 nitrogen and oxygen atoms in total. The molecule has 0 aliphatic carbocycles. The first-order valence-corrected chi connectivity index (χ1v) is 7.30. The van der Waals surface area contributed by atoms with Crippen molar-refractivity contribution in [1.29, 1.82) is 0 Å². The molecule has 1 heterocycles. The standard InChI is InChI=1S/C19H21N2/c1-14-10-8-9-13-18(14)21-16(3)15(2)20(4)19(21)17-11-6-5-7-12-17/h5-13H,1-4H3/q+1. The van der Waals surface area contributed by atoms with Gasteiger partial charge in [-0.25, -0.2) is 4.57 Å². The van der Waals surface area contributed by atoms with Crippen molar-refractivity contribution >= 4 is 0 Å². The van der Waals surface area contributed by atoms with Gasteiger partial charge in [-0.2, -0.15) is 4.57 Å². The Morgan fingerprint density at radius 1 is 0.810 bits per heavy atom. The second kappa shape index (κ2) is 5.21. The third-order valence-corrected chi connectivity index (χ3v) is 4.28. The van der Waals surface area contributed by atoms with Crippen LogP contribution in [0.15, 0.2) is 54.6 Å². The van der Waals surface area contributed by atoms with Crippen LogP contribution in [-0.4, -0.2) is 4.57 Å². The number of para-hydroxylation sites is 1. The lowest BCUT2D eigenvalue weighted by molar-refractivity contribution is -0.665. The summed E-state index contributed by atoms with van der Waals surface area (Å²) in [6.07, 6.45) is 0. The first-order chi connectivity index (χ1) is 10.1. The fourth-order valence-electron chi connectivity index (χ4n) is 2.89. The molecule has 0 aliphatic rings. The molecule has 106 valence electrons. The number of aromatic nitrogens is 2. The van der Waals surface area contributed by atoms with E-state index >= 15 is 0 Å².